The van der Waals surface area contributed by atoms with Gasteiger partial charge in [-0.1, -0.05) is 6.07 Å². The molecule has 1 atom stereocenters. The molecule has 1 heterocycles. The fraction of sp³-hybridized carbons (Fsp3) is 0.462. The second-order valence-corrected chi connectivity index (χ2v) is 4.43. The molecule has 4 nitrogen and oxygen atoms in total. The molecule has 1 fully saturated rings. The molecule has 1 aromatic carbocycles. The minimum absolute atomic E-state index is 0.00483. The number of halogens is 2. The van der Waals surface area contributed by atoms with Crippen molar-refractivity contribution in [2.24, 2.45) is 0 Å². The largest absolute Gasteiger partial charge is 0.435 e. The van der Waals surface area contributed by atoms with Gasteiger partial charge in [-0.2, -0.15) is 8.78 Å². The Morgan fingerprint density at radius 3 is 2.95 bits per heavy atom. The molecule has 1 aliphatic heterocycles. The average molecular weight is 270 g/mol. The highest BCUT2D eigenvalue weighted by Crippen LogP contribution is 2.19. The minimum atomic E-state index is -2.88. The molecule has 0 aliphatic carbocycles. The molecule has 0 aromatic heterocycles. The standard InChI is InChI=1S/C13H16F2N2O2/c1-16-10-5-6-17(8-10)12(18)9-3-2-4-11(7-9)19-13(14)15/h2-4,7,10,13,16H,5-6,8H2,1H3. The van der Waals surface area contributed by atoms with Gasteiger partial charge in [0.15, 0.2) is 0 Å². The van der Waals surface area contributed by atoms with Crippen molar-refractivity contribution in [1.29, 1.82) is 0 Å². The summed E-state index contributed by atoms with van der Waals surface area (Å²) < 4.78 is 28.5. The van der Waals surface area contributed by atoms with E-state index in [-0.39, 0.29) is 11.7 Å². The van der Waals surface area contributed by atoms with Crippen LogP contribution in [0.5, 0.6) is 5.75 Å². The van der Waals surface area contributed by atoms with E-state index in [9.17, 15) is 13.6 Å². The van der Waals surface area contributed by atoms with Gasteiger partial charge in [-0.25, -0.2) is 0 Å². The number of carbonyl (C=O) groups excluding carboxylic acids is 1. The van der Waals surface area contributed by atoms with E-state index in [0.717, 1.165) is 6.42 Å². The van der Waals surface area contributed by atoms with Crippen LogP contribution in [0.3, 0.4) is 0 Å². The Bertz CT molecular complexity index is 454. The summed E-state index contributed by atoms with van der Waals surface area (Å²) in [7, 11) is 1.86. The van der Waals surface area contributed by atoms with Crippen LogP contribution >= 0.6 is 0 Å². The maximum Gasteiger partial charge on any atom is 0.387 e. The smallest absolute Gasteiger partial charge is 0.387 e. The van der Waals surface area contributed by atoms with Gasteiger partial charge in [0.05, 0.1) is 0 Å². The number of amides is 1. The summed E-state index contributed by atoms with van der Waals surface area (Å²) in [5.41, 5.74) is 0.370. The first kappa shape index (κ1) is 13.7. The molecule has 0 saturated carbocycles. The molecule has 6 heteroatoms. The Hall–Kier alpha value is -1.69. The van der Waals surface area contributed by atoms with Crippen LogP contribution in [0.25, 0.3) is 0 Å². The van der Waals surface area contributed by atoms with Crippen molar-refractivity contribution in [2.75, 3.05) is 20.1 Å². The van der Waals surface area contributed by atoms with E-state index in [1.807, 2.05) is 7.05 Å². The van der Waals surface area contributed by atoms with Crippen LogP contribution in [0.2, 0.25) is 0 Å². The third kappa shape index (κ3) is 3.41. The molecule has 19 heavy (non-hydrogen) atoms. The minimum Gasteiger partial charge on any atom is -0.435 e. The lowest BCUT2D eigenvalue weighted by Crippen LogP contribution is -2.33. The quantitative estimate of drug-likeness (QED) is 0.905. The van der Waals surface area contributed by atoms with E-state index in [2.05, 4.69) is 10.1 Å². The molecule has 1 N–H and O–H groups in total. The van der Waals surface area contributed by atoms with Crippen LogP contribution in [-0.2, 0) is 0 Å². The van der Waals surface area contributed by atoms with Gasteiger partial charge in [-0.05, 0) is 31.7 Å². The predicted octanol–water partition coefficient (Wildman–Crippen LogP) is 1.72. The molecule has 0 spiro atoms. The van der Waals surface area contributed by atoms with Crippen LogP contribution in [0, 0.1) is 0 Å². The first-order valence-electron chi connectivity index (χ1n) is 6.11. The number of likely N-dealkylation sites (tertiary alicyclic amines) is 1. The number of hydrogen-bond donors (Lipinski definition) is 1. The number of hydrogen-bond acceptors (Lipinski definition) is 3. The third-order valence-electron chi connectivity index (χ3n) is 3.19. The Kier molecular flexibility index (Phi) is 4.31. The van der Waals surface area contributed by atoms with Crippen LogP contribution in [-0.4, -0.2) is 43.6 Å². The Balaban J connectivity index is 2.07. The summed E-state index contributed by atoms with van der Waals surface area (Å²) >= 11 is 0. The summed E-state index contributed by atoms with van der Waals surface area (Å²) in [5.74, 6) is -0.150. The first-order valence-corrected chi connectivity index (χ1v) is 6.11. The Morgan fingerprint density at radius 1 is 1.53 bits per heavy atom. The summed E-state index contributed by atoms with van der Waals surface area (Å²) in [4.78, 5) is 13.9. The van der Waals surface area contributed by atoms with E-state index >= 15 is 0 Å². The third-order valence-corrected chi connectivity index (χ3v) is 3.19. The van der Waals surface area contributed by atoms with Crippen molar-refractivity contribution >= 4 is 5.91 Å². The zero-order valence-electron chi connectivity index (χ0n) is 10.6. The Labute approximate surface area is 110 Å². The Morgan fingerprint density at radius 2 is 2.32 bits per heavy atom. The van der Waals surface area contributed by atoms with Gasteiger partial charge in [0.2, 0.25) is 0 Å². The van der Waals surface area contributed by atoms with Gasteiger partial charge in [0.25, 0.3) is 5.91 Å². The molecular formula is C13H16F2N2O2. The molecule has 1 saturated heterocycles. The van der Waals surface area contributed by atoms with E-state index in [4.69, 9.17) is 0 Å². The fourth-order valence-corrected chi connectivity index (χ4v) is 2.17. The predicted molar refractivity (Wildman–Crippen MR) is 66.4 cm³/mol. The van der Waals surface area contributed by atoms with Gasteiger partial charge in [0, 0.05) is 24.7 Å². The zero-order chi connectivity index (χ0) is 13.8. The maximum atomic E-state index is 12.2. The van der Waals surface area contributed by atoms with E-state index in [1.165, 1.54) is 18.2 Å². The molecule has 2 rings (SSSR count). The SMILES string of the molecule is CNC1CCN(C(=O)c2cccc(OC(F)F)c2)C1. The van der Waals surface area contributed by atoms with Crippen molar-refractivity contribution in [1.82, 2.24) is 10.2 Å². The normalized spacial score (nSPS) is 18.9. The highest BCUT2D eigenvalue weighted by molar-refractivity contribution is 5.94. The number of carbonyl (C=O) groups is 1. The molecule has 1 unspecified atom stereocenters. The van der Waals surface area contributed by atoms with Gasteiger partial charge in [-0.15, -0.1) is 0 Å². The van der Waals surface area contributed by atoms with Gasteiger partial charge >= 0.3 is 6.61 Å². The number of ether oxygens (including phenoxy) is 1. The number of alkyl halides is 2. The maximum absolute atomic E-state index is 12.2. The summed E-state index contributed by atoms with van der Waals surface area (Å²) in [6.07, 6.45) is 0.898. The van der Waals surface area contributed by atoms with Gasteiger partial charge < -0.3 is 15.0 Å². The van der Waals surface area contributed by atoms with Crippen LogP contribution < -0.4 is 10.1 Å². The zero-order valence-corrected chi connectivity index (χ0v) is 10.6. The van der Waals surface area contributed by atoms with Crippen LogP contribution in [0.15, 0.2) is 24.3 Å². The number of rotatable bonds is 4. The van der Waals surface area contributed by atoms with Crippen molar-refractivity contribution in [2.45, 2.75) is 19.1 Å². The van der Waals surface area contributed by atoms with Gasteiger partial charge in [0.1, 0.15) is 5.75 Å². The van der Waals surface area contributed by atoms with E-state index in [1.54, 1.807) is 11.0 Å². The highest BCUT2D eigenvalue weighted by Gasteiger charge is 2.26. The van der Waals surface area contributed by atoms with Crippen molar-refractivity contribution in [3.05, 3.63) is 29.8 Å². The first-order chi connectivity index (χ1) is 9.10. The van der Waals surface area contributed by atoms with Crippen LogP contribution in [0.4, 0.5) is 8.78 Å². The van der Waals surface area contributed by atoms with E-state index in [0.29, 0.717) is 24.7 Å². The monoisotopic (exact) mass is 270 g/mol. The summed E-state index contributed by atoms with van der Waals surface area (Å²) in [5, 5.41) is 3.12. The average Bonchev–Trinajstić information content (AvgIpc) is 2.86. The van der Waals surface area contributed by atoms with Crippen molar-refractivity contribution in [3.8, 4) is 5.75 Å². The molecule has 0 bridgehead atoms. The molecule has 104 valence electrons. The second kappa shape index (κ2) is 5.97. The number of benzene rings is 1. The van der Waals surface area contributed by atoms with Crippen molar-refractivity contribution < 1.29 is 18.3 Å². The summed E-state index contributed by atoms with van der Waals surface area (Å²) in [6.45, 7) is -1.58. The molecule has 1 aromatic rings. The van der Waals surface area contributed by atoms with Crippen molar-refractivity contribution in [3.63, 3.8) is 0 Å². The van der Waals surface area contributed by atoms with E-state index < -0.39 is 6.61 Å². The molecule has 0 radical (unpaired) electrons. The molecular weight excluding hydrogens is 254 g/mol. The number of likely N-dealkylation sites (N-methyl/N-ethyl adjacent to an activating group) is 1. The lowest BCUT2D eigenvalue weighted by Gasteiger charge is -2.17. The lowest BCUT2D eigenvalue weighted by molar-refractivity contribution is -0.0499. The van der Waals surface area contributed by atoms with Crippen LogP contribution in [0.1, 0.15) is 16.8 Å². The number of nitrogens with zero attached hydrogens (tertiary/aromatic N) is 1. The summed E-state index contributed by atoms with van der Waals surface area (Å²) in [6, 6.07) is 6.19. The second-order valence-electron chi connectivity index (χ2n) is 4.43. The topological polar surface area (TPSA) is 41.6 Å². The number of nitrogens with one attached hydrogen (secondary N) is 1. The fourth-order valence-electron chi connectivity index (χ4n) is 2.17. The molecule has 1 aliphatic rings. The highest BCUT2D eigenvalue weighted by atomic mass is 19.3. The van der Waals surface area contributed by atoms with Gasteiger partial charge in [-0.3, -0.25) is 4.79 Å². The molecule has 1 amide bonds. The lowest BCUT2D eigenvalue weighted by atomic mass is 10.2.